The second-order valence-corrected chi connectivity index (χ2v) is 5.79. The minimum absolute atomic E-state index is 0.195. The molecule has 6 heteroatoms. The number of unbranched alkanes of at least 4 members (excludes halogenated alkanes) is 1. The summed E-state index contributed by atoms with van der Waals surface area (Å²) in [7, 11) is 0. The summed E-state index contributed by atoms with van der Waals surface area (Å²) in [4.78, 5) is 23.3. The van der Waals surface area contributed by atoms with Gasteiger partial charge in [-0.05, 0) is 31.2 Å². The van der Waals surface area contributed by atoms with Crippen LogP contribution in [0.2, 0.25) is 0 Å². The number of carbonyl (C=O) groups is 1. The second-order valence-electron chi connectivity index (χ2n) is 4.93. The number of rotatable bonds is 6. The predicted octanol–water partition coefficient (Wildman–Crippen LogP) is 2.40. The molecule has 1 amide bonds. The average Bonchev–Trinajstić information content (AvgIpc) is 2.74. The molecule has 2 aromatic heterocycles. The number of nitrogens with zero attached hydrogens (tertiary/aromatic N) is 3. The zero-order chi connectivity index (χ0) is 14.7. The van der Waals surface area contributed by atoms with Crippen LogP contribution in [0.25, 0.3) is 10.2 Å². The Bertz CT molecular complexity index is 623. The van der Waals surface area contributed by atoms with Crippen LogP contribution in [-0.4, -0.2) is 29.0 Å². The van der Waals surface area contributed by atoms with Gasteiger partial charge in [-0.2, -0.15) is 0 Å². The molecule has 0 spiro atoms. The number of amides is 1. The first kappa shape index (κ1) is 14.7. The molecule has 0 saturated heterocycles. The van der Waals surface area contributed by atoms with E-state index < -0.39 is 0 Å². The van der Waals surface area contributed by atoms with Gasteiger partial charge in [-0.1, -0.05) is 13.3 Å². The topological polar surface area (TPSA) is 72.1 Å². The van der Waals surface area contributed by atoms with E-state index in [2.05, 4.69) is 22.3 Å². The second kappa shape index (κ2) is 6.17. The summed E-state index contributed by atoms with van der Waals surface area (Å²) in [6, 6.07) is 0. The van der Waals surface area contributed by atoms with E-state index in [9.17, 15) is 4.79 Å². The van der Waals surface area contributed by atoms with Crippen LogP contribution in [0.3, 0.4) is 0 Å². The number of anilines is 1. The lowest BCUT2D eigenvalue weighted by Crippen LogP contribution is -2.35. The number of carbonyl (C=O) groups excluding carboxylic acids is 1. The van der Waals surface area contributed by atoms with Gasteiger partial charge in [0.25, 0.3) is 0 Å². The van der Waals surface area contributed by atoms with Crippen LogP contribution in [0.5, 0.6) is 0 Å². The van der Waals surface area contributed by atoms with E-state index in [1.54, 1.807) is 11.3 Å². The molecule has 108 valence electrons. The molecule has 5 nitrogen and oxygen atoms in total. The zero-order valence-corrected chi connectivity index (χ0v) is 13.0. The van der Waals surface area contributed by atoms with Gasteiger partial charge in [0.1, 0.15) is 16.5 Å². The number of hydrogen-bond donors (Lipinski definition) is 1. The largest absolute Gasteiger partial charge is 0.368 e. The Morgan fingerprint density at radius 3 is 2.80 bits per heavy atom. The number of primary amides is 1. The number of nitrogens with two attached hydrogens (primary N) is 1. The minimum Gasteiger partial charge on any atom is -0.368 e. The summed E-state index contributed by atoms with van der Waals surface area (Å²) >= 11 is 1.61. The van der Waals surface area contributed by atoms with E-state index in [0.29, 0.717) is 0 Å². The van der Waals surface area contributed by atoms with Crippen LogP contribution in [-0.2, 0) is 4.79 Å². The van der Waals surface area contributed by atoms with Gasteiger partial charge in [0.2, 0.25) is 5.91 Å². The molecule has 20 heavy (non-hydrogen) atoms. The van der Waals surface area contributed by atoms with Crippen molar-refractivity contribution in [3.63, 3.8) is 0 Å². The molecule has 0 radical (unpaired) electrons. The summed E-state index contributed by atoms with van der Waals surface area (Å²) in [6.07, 6.45) is 2.06. The van der Waals surface area contributed by atoms with Crippen molar-refractivity contribution in [2.75, 3.05) is 18.0 Å². The third-order valence-corrected chi connectivity index (χ3v) is 4.13. The lowest BCUT2D eigenvalue weighted by atomic mass is 10.2. The molecule has 0 aliphatic heterocycles. The number of thiophene rings is 1. The molecule has 0 unspecified atom stereocenters. The maximum absolute atomic E-state index is 11.3. The predicted molar refractivity (Wildman–Crippen MR) is 83.2 cm³/mol. The van der Waals surface area contributed by atoms with Crippen molar-refractivity contribution < 1.29 is 4.79 Å². The third-order valence-electron chi connectivity index (χ3n) is 3.14. The van der Waals surface area contributed by atoms with E-state index in [1.165, 1.54) is 0 Å². The Morgan fingerprint density at radius 2 is 2.15 bits per heavy atom. The normalized spacial score (nSPS) is 10.9. The fourth-order valence-corrected chi connectivity index (χ4v) is 3.15. The highest BCUT2D eigenvalue weighted by molar-refractivity contribution is 7.17. The van der Waals surface area contributed by atoms with E-state index >= 15 is 0 Å². The van der Waals surface area contributed by atoms with Crippen molar-refractivity contribution in [2.45, 2.75) is 33.6 Å². The SMILES string of the molecule is CCCCN(CC(N)=O)c1nc(C)nc2scc(C)c12. The van der Waals surface area contributed by atoms with Crippen molar-refractivity contribution in [3.8, 4) is 0 Å². The molecule has 2 N–H and O–H groups in total. The van der Waals surface area contributed by atoms with Crippen molar-refractivity contribution in [3.05, 3.63) is 16.8 Å². The molecule has 0 bridgehead atoms. The summed E-state index contributed by atoms with van der Waals surface area (Å²) < 4.78 is 0. The van der Waals surface area contributed by atoms with E-state index in [0.717, 1.165) is 46.8 Å². The van der Waals surface area contributed by atoms with Crippen LogP contribution in [0.15, 0.2) is 5.38 Å². The molecule has 2 aromatic rings. The highest BCUT2D eigenvalue weighted by Gasteiger charge is 2.17. The quantitative estimate of drug-likeness (QED) is 0.887. The summed E-state index contributed by atoms with van der Waals surface area (Å²) in [5.41, 5.74) is 6.52. The molecule has 0 atom stereocenters. The van der Waals surface area contributed by atoms with E-state index in [-0.39, 0.29) is 12.5 Å². The Kier molecular flexibility index (Phi) is 4.54. The molecular formula is C14H20N4OS. The Morgan fingerprint density at radius 1 is 1.40 bits per heavy atom. The van der Waals surface area contributed by atoms with Gasteiger partial charge in [-0.15, -0.1) is 11.3 Å². The maximum Gasteiger partial charge on any atom is 0.236 e. The minimum atomic E-state index is -0.335. The monoisotopic (exact) mass is 292 g/mol. The average molecular weight is 292 g/mol. The van der Waals surface area contributed by atoms with Crippen molar-refractivity contribution in [2.24, 2.45) is 5.73 Å². The molecule has 0 fully saturated rings. The van der Waals surface area contributed by atoms with Gasteiger partial charge in [-0.3, -0.25) is 4.79 Å². The highest BCUT2D eigenvalue weighted by Crippen LogP contribution is 2.31. The molecule has 2 rings (SSSR count). The first-order valence-corrected chi connectivity index (χ1v) is 7.66. The number of fused-ring (bicyclic) bond motifs is 1. The first-order valence-electron chi connectivity index (χ1n) is 6.78. The Labute approximate surface area is 122 Å². The number of aryl methyl sites for hydroxylation is 2. The lowest BCUT2D eigenvalue weighted by molar-refractivity contribution is -0.116. The van der Waals surface area contributed by atoms with Gasteiger partial charge >= 0.3 is 0 Å². The molecule has 2 heterocycles. The van der Waals surface area contributed by atoms with E-state index in [1.807, 2.05) is 18.7 Å². The molecule has 0 aliphatic carbocycles. The van der Waals surface area contributed by atoms with Crippen LogP contribution >= 0.6 is 11.3 Å². The van der Waals surface area contributed by atoms with Gasteiger partial charge in [0.05, 0.1) is 11.9 Å². The number of hydrogen-bond acceptors (Lipinski definition) is 5. The standard InChI is InChI=1S/C14H20N4OS/c1-4-5-6-18(7-11(15)19)13-12-9(2)8-20-14(12)17-10(3)16-13/h8H,4-7H2,1-3H3,(H2,15,19). The van der Waals surface area contributed by atoms with Crippen molar-refractivity contribution >= 4 is 33.3 Å². The fraction of sp³-hybridized carbons (Fsp3) is 0.500. The zero-order valence-electron chi connectivity index (χ0n) is 12.1. The van der Waals surface area contributed by atoms with E-state index in [4.69, 9.17) is 5.73 Å². The molecule has 0 aromatic carbocycles. The van der Waals surface area contributed by atoms with Crippen LogP contribution in [0.1, 0.15) is 31.2 Å². The van der Waals surface area contributed by atoms with Gasteiger partial charge in [0, 0.05) is 6.54 Å². The number of aromatic nitrogens is 2. The van der Waals surface area contributed by atoms with Crippen LogP contribution < -0.4 is 10.6 Å². The summed E-state index contributed by atoms with van der Waals surface area (Å²) in [5.74, 6) is 1.22. The van der Waals surface area contributed by atoms with Gasteiger partial charge in [-0.25, -0.2) is 9.97 Å². The first-order chi connectivity index (χ1) is 9.52. The van der Waals surface area contributed by atoms with Gasteiger partial charge < -0.3 is 10.6 Å². The molecule has 0 aliphatic rings. The van der Waals surface area contributed by atoms with Crippen LogP contribution in [0.4, 0.5) is 5.82 Å². The van der Waals surface area contributed by atoms with Gasteiger partial charge in [0.15, 0.2) is 0 Å². The smallest absolute Gasteiger partial charge is 0.236 e. The highest BCUT2D eigenvalue weighted by atomic mass is 32.1. The van der Waals surface area contributed by atoms with Crippen LogP contribution in [0, 0.1) is 13.8 Å². The summed E-state index contributed by atoms with van der Waals surface area (Å²) in [6.45, 7) is 7.02. The fourth-order valence-electron chi connectivity index (χ4n) is 2.19. The van der Waals surface area contributed by atoms with Crippen molar-refractivity contribution in [1.82, 2.24) is 9.97 Å². The Balaban J connectivity index is 2.50. The van der Waals surface area contributed by atoms with Crippen molar-refractivity contribution in [1.29, 1.82) is 0 Å². The third kappa shape index (κ3) is 3.07. The molecular weight excluding hydrogens is 272 g/mol. The lowest BCUT2D eigenvalue weighted by Gasteiger charge is -2.23. The summed E-state index contributed by atoms with van der Waals surface area (Å²) in [5, 5.41) is 3.11. The Hall–Kier alpha value is -1.69. The molecule has 0 saturated carbocycles. The maximum atomic E-state index is 11.3.